The summed E-state index contributed by atoms with van der Waals surface area (Å²) in [5.74, 6) is 0.468. The van der Waals surface area contributed by atoms with Gasteiger partial charge < -0.3 is 9.80 Å². The third-order valence-electron chi connectivity index (χ3n) is 11.3. The van der Waals surface area contributed by atoms with Gasteiger partial charge in [-0.25, -0.2) is 0 Å². The van der Waals surface area contributed by atoms with Crippen LogP contribution in [-0.2, 0) is 0 Å². The highest BCUT2D eigenvalue weighted by atomic mass is 15.2. The standard InChI is InChI=1S/C53H54N2/c1-5-8-39-53(4,7-3)46-30-37-50(38-31-46)55(52(18-6-2)44-20-12-9-10-13-21-44)49-34-27-43(28-35-49)42-25-32-48(33-26-42)54(47-23-14-11-15-24-47)51-36-29-41-19-16-17-22-45(41)40-51/h6,8-12,14-20,22-30,32-40,46H,5,7,13,21,31H2,1-4H3/b18-6-,39-8?,52-44+. The van der Waals surface area contributed by atoms with Crippen LogP contribution in [0.1, 0.15) is 59.8 Å². The van der Waals surface area contributed by atoms with E-state index in [9.17, 15) is 0 Å². The Labute approximate surface area is 329 Å². The fraction of sp³-hybridized carbons (Fsp3) is 0.208. The zero-order valence-electron chi connectivity index (χ0n) is 32.9. The molecule has 0 aliphatic heterocycles. The number of para-hydroxylation sites is 1. The van der Waals surface area contributed by atoms with Crippen LogP contribution >= 0.6 is 0 Å². The van der Waals surface area contributed by atoms with Crippen molar-refractivity contribution in [2.75, 3.05) is 9.80 Å². The van der Waals surface area contributed by atoms with E-state index in [-0.39, 0.29) is 5.41 Å². The Morgan fingerprint density at radius 2 is 1.40 bits per heavy atom. The summed E-state index contributed by atoms with van der Waals surface area (Å²) in [5, 5.41) is 2.47. The van der Waals surface area contributed by atoms with Gasteiger partial charge in [0.25, 0.3) is 0 Å². The van der Waals surface area contributed by atoms with Crippen LogP contribution in [0.25, 0.3) is 21.9 Å². The van der Waals surface area contributed by atoms with Gasteiger partial charge >= 0.3 is 0 Å². The van der Waals surface area contributed by atoms with E-state index >= 15 is 0 Å². The maximum atomic E-state index is 2.47. The van der Waals surface area contributed by atoms with Crippen LogP contribution in [0.4, 0.5) is 22.7 Å². The Bertz CT molecular complexity index is 2280. The van der Waals surface area contributed by atoms with Crippen LogP contribution in [0.5, 0.6) is 0 Å². The number of fused-ring (bicyclic) bond motifs is 1. The van der Waals surface area contributed by atoms with Crippen molar-refractivity contribution in [3.05, 3.63) is 205 Å². The fourth-order valence-electron chi connectivity index (χ4n) is 7.89. The summed E-state index contributed by atoms with van der Waals surface area (Å²) in [6, 6.07) is 44.0. The maximum absolute atomic E-state index is 2.47. The molecule has 0 amide bonds. The van der Waals surface area contributed by atoms with Crippen LogP contribution in [0, 0.1) is 11.3 Å². The van der Waals surface area contributed by atoms with Crippen molar-refractivity contribution in [3.8, 4) is 11.1 Å². The van der Waals surface area contributed by atoms with Gasteiger partial charge in [-0.1, -0.05) is 148 Å². The number of hydrogen-bond acceptors (Lipinski definition) is 2. The molecule has 2 nitrogen and oxygen atoms in total. The minimum atomic E-state index is 0.143. The summed E-state index contributed by atoms with van der Waals surface area (Å²) in [7, 11) is 0. The first kappa shape index (κ1) is 37.5. The first-order valence-corrected chi connectivity index (χ1v) is 20.1. The van der Waals surface area contributed by atoms with Crippen molar-refractivity contribution in [2.45, 2.75) is 59.8 Å². The highest BCUT2D eigenvalue weighted by Gasteiger charge is 2.30. The van der Waals surface area contributed by atoms with E-state index < -0.39 is 0 Å². The van der Waals surface area contributed by atoms with Crippen molar-refractivity contribution < 1.29 is 0 Å². The predicted octanol–water partition coefficient (Wildman–Crippen LogP) is 15.4. The molecule has 5 aromatic rings. The van der Waals surface area contributed by atoms with Crippen LogP contribution in [0.15, 0.2) is 205 Å². The lowest BCUT2D eigenvalue weighted by Gasteiger charge is -2.36. The normalized spacial score (nSPS) is 17.7. The summed E-state index contributed by atoms with van der Waals surface area (Å²) in [6.07, 6.45) is 30.7. The van der Waals surface area contributed by atoms with E-state index in [2.05, 4.69) is 226 Å². The minimum Gasteiger partial charge on any atom is -0.311 e. The van der Waals surface area contributed by atoms with Crippen LogP contribution in [-0.4, -0.2) is 0 Å². The third kappa shape index (κ3) is 8.45. The maximum Gasteiger partial charge on any atom is 0.0490 e. The highest BCUT2D eigenvalue weighted by Crippen LogP contribution is 2.42. The fourth-order valence-corrected chi connectivity index (χ4v) is 7.89. The van der Waals surface area contributed by atoms with Crippen molar-refractivity contribution >= 4 is 33.5 Å². The minimum absolute atomic E-state index is 0.143. The molecule has 2 heteroatoms. The quantitative estimate of drug-likeness (QED) is 0.119. The molecule has 276 valence electrons. The largest absolute Gasteiger partial charge is 0.311 e. The smallest absolute Gasteiger partial charge is 0.0490 e. The molecule has 5 aromatic carbocycles. The predicted molar refractivity (Wildman–Crippen MR) is 239 cm³/mol. The van der Waals surface area contributed by atoms with E-state index in [1.165, 1.54) is 38.9 Å². The molecule has 55 heavy (non-hydrogen) atoms. The van der Waals surface area contributed by atoms with E-state index in [1.807, 2.05) is 0 Å². The lowest BCUT2D eigenvalue weighted by molar-refractivity contribution is 0.295. The Morgan fingerprint density at radius 1 is 0.727 bits per heavy atom. The molecule has 2 aliphatic carbocycles. The Kier molecular flexibility index (Phi) is 11.9. The van der Waals surface area contributed by atoms with Gasteiger partial charge in [0.2, 0.25) is 0 Å². The molecule has 0 saturated carbocycles. The Balaban J connectivity index is 1.21. The summed E-state index contributed by atoms with van der Waals surface area (Å²) in [5.41, 5.74) is 10.9. The lowest BCUT2D eigenvalue weighted by atomic mass is 9.71. The number of benzene rings is 5. The van der Waals surface area contributed by atoms with Crippen molar-refractivity contribution in [3.63, 3.8) is 0 Å². The van der Waals surface area contributed by atoms with Gasteiger partial charge in [-0.05, 0) is 139 Å². The topological polar surface area (TPSA) is 6.48 Å². The van der Waals surface area contributed by atoms with Gasteiger partial charge in [0.15, 0.2) is 0 Å². The van der Waals surface area contributed by atoms with Gasteiger partial charge in [-0.15, -0.1) is 0 Å². The number of hydrogen-bond donors (Lipinski definition) is 0. The second kappa shape index (κ2) is 17.5. The molecule has 0 saturated heterocycles. The van der Waals surface area contributed by atoms with E-state index in [0.29, 0.717) is 5.92 Å². The molecule has 0 heterocycles. The average molecular weight is 719 g/mol. The number of anilines is 4. The van der Waals surface area contributed by atoms with Crippen LogP contribution in [0.2, 0.25) is 0 Å². The molecular weight excluding hydrogens is 665 g/mol. The summed E-state index contributed by atoms with van der Waals surface area (Å²) in [6.45, 7) is 9.08. The molecule has 7 rings (SSSR count). The summed E-state index contributed by atoms with van der Waals surface area (Å²) < 4.78 is 0. The van der Waals surface area contributed by atoms with E-state index in [0.717, 1.165) is 54.9 Å². The molecular formula is C53H54N2. The summed E-state index contributed by atoms with van der Waals surface area (Å²) in [4.78, 5) is 4.81. The molecule has 0 spiro atoms. The first-order valence-electron chi connectivity index (χ1n) is 20.1. The van der Waals surface area contributed by atoms with Crippen LogP contribution < -0.4 is 9.80 Å². The number of nitrogens with zero attached hydrogens (tertiary/aromatic N) is 2. The van der Waals surface area contributed by atoms with Crippen molar-refractivity contribution in [2.24, 2.45) is 11.3 Å². The average Bonchev–Trinajstić information content (AvgIpc) is 3.54. The zero-order chi connectivity index (χ0) is 38.0. The molecule has 0 radical (unpaired) electrons. The number of allylic oxidation sites excluding steroid dienone is 12. The highest BCUT2D eigenvalue weighted by molar-refractivity contribution is 5.89. The van der Waals surface area contributed by atoms with Gasteiger partial charge in [0, 0.05) is 34.1 Å². The van der Waals surface area contributed by atoms with Crippen molar-refractivity contribution in [1.29, 1.82) is 0 Å². The van der Waals surface area contributed by atoms with Gasteiger partial charge in [-0.2, -0.15) is 0 Å². The van der Waals surface area contributed by atoms with Crippen LogP contribution in [0.3, 0.4) is 0 Å². The molecule has 0 N–H and O–H groups in total. The molecule has 2 unspecified atom stereocenters. The molecule has 0 bridgehead atoms. The van der Waals surface area contributed by atoms with Gasteiger partial charge in [-0.3, -0.25) is 0 Å². The monoisotopic (exact) mass is 718 g/mol. The molecule has 0 aromatic heterocycles. The first-order chi connectivity index (χ1) is 27.0. The molecule has 2 atom stereocenters. The van der Waals surface area contributed by atoms with E-state index in [4.69, 9.17) is 0 Å². The van der Waals surface area contributed by atoms with Gasteiger partial charge in [0.1, 0.15) is 0 Å². The van der Waals surface area contributed by atoms with Gasteiger partial charge in [0.05, 0.1) is 0 Å². The zero-order valence-corrected chi connectivity index (χ0v) is 32.9. The Hall–Kier alpha value is -5.86. The SMILES string of the molecule is C/C=C\C(=C1\C=CC=CCC1)N(C1=CCC(C(C)(C=CCC)CC)C=C1)c1ccc(-c2ccc(N(c3ccccc3)c3ccc4ccccc4c3)cc2)cc1. The summed E-state index contributed by atoms with van der Waals surface area (Å²) >= 11 is 0. The second-order valence-electron chi connectivity index (χ2n) is 14.9. The third-order valence-corrected chi connectivity index (χ3v) is 11.3. The van der Waals surface area contributed by atoms with E-state index in [1.54, 1.807) is 0 Å². The molecule has 2 aliphatic rings. The Morgan fingerprint density at radius 3 is 2.07 bits per heavy atom. The number of rotatable bonds is 12. The molecule has 0 fully saturated rings. The van der Waals surface area contributed by atoms with Crippen molar-refractivity contribution in [1.82, 2.24) is 0 Å². The second-order valence-corrected chi connectivity index (χ2v) is 14.9. The lowest BCUT2D eigenvalue weighted by Crippen LogP contribution is -2.27.